The van der Waals surface area contributed by atoms with Crippen LogP contribution in [0, 0.1) is 5.92 Å². The van der Waals surface area contributed by atoms with E-state index in [0.29, 0.717) is 13.2 Å². The van der Waals surface area contributed by atoms with E-state index >= 15 is 0 Å². The summed E-state index contributed by atoms with van der Waals surface area (Å²) in [6.07, 6.45) is 4.66. The number of aromatic nitrogens is 3. The van der Waals surface area contributed by atoms with Crippen molar-refractivity contribution in [1.29, 1.82) is 0 Å². The molecule has 0 saturated carbocycles. The molecule has 182 valence electrons. The van der Waals surface area contributed by atoms with E-state index < -0.39 is 0 Å². The molecule has 0 bridgehead atoms. The molecule has 3 aromatic rings. The van der Waals surface area contributed by atoms with Gasteiger partial charge in [-0.2, -0.15) is 0 Å². The Morgan fingerprint density at radius 2 is 1.88 bits per heavy atom. The van der Waals surface area contributed by atoms with Crippen LogP contribution in [0.15, 0.2) is 42.6 Å². The van der Waals surface area contributed by atoms with Crippen molar-refractivity contribution < 1.29 is 9.53 Å². The predicted octanol–water partition coefficient (Wildman–Crippen LogP) is 4.47. The molecule has 2 N–H and O–H groups in total. The Hall–Kier alpha value is -3.07. The predicted molar refractivity (Wildman–Crippen MR) is 137 cm³/mol. The number of carbonyl (C=O) groups is 1. The van der Waals surface area contributed by atoms with Crippen LogP contribution in [-0.2, 0) is 11.3 Å². The molecular formula is C25H34N6O2S. The Bertz CT molecular complexity index is 1060. The molecule has 4 rings (SSSR count). The van der Waals surface area contributed by atoms with E-state index in [2.05, 4.69) is 50.2 Å². The number of rotatable bonds is 10. The van der Waals surface area contributed by atoms with Crippen LogP contribution < -0.4 is 20.3 Å². The molecule has 3 heterocycles. The molecular weight excluding hydrogens is 448 g/mol. The number of nitrogens with zero attached hydrogens (tertiary/aromatic N) is 4. The molecule has 1 aliphatic rings. The maximum absolute atomic E-state index is 12.4. The summed E-state index contributed by atoms with van der Waals surface area (Å²) in [5.41, 5.74) is 2.14. The number of benzene rings is 1. The van der Waals surface area contributed by atoms with Gasteiger partial charge in [0.25, 0.3) is 0 Å². The SMILES string of the molecule is CCOc1ccc(NCc2cccn2-c2nnc(N3CCC(C(=O)N[C@H](C)CC)CC3)s2)cc1. The van der Waals surface area contributed by atoms with Crippen LogP contribution >= 0.6 is 11.3 Å². The van der Waals surface area contributed by atoms with E-state index in [1.165, 1.54) is 0 Å². The summed E-state index contributed by atoms with van der Waals surface area (Å²) in [6, 6.07) is 12.3. The third kappa shape index (κ3) is 5.88. The first-order valence-corrected chi connectivity index (χ1v) is 12.9. The summed E-state index contributed by atoms with van der Waals surface area (Å²) < 4.78 is 7.59. The van der Waals surface area contributed by atoms with Crippen molar-refractivity contribution in [2.45, 2.75) is 52.6 Å². The standard InChI is InChI=1S/C25H34N6O2S/c1-4-18(3)27-23(32)19-12-15-30(16-13-19)24-28-29-25(34-24)31-14-6-7-21(31)17-26-20-8-10-22(11-9-20)33-5-2/h6-11,14,18-19,26H,4-5,12-13,15-17H2,1-3H3,(H,27,32)/t18-/m1/s1. The highest BCUT2D eigenvalue weighted by molar-refractivity contribution is 7.17. The molecule has 8 nitrogen and oxygen atoms in total. The van der Waals surface area contributed by atoms with Crippen LogP contribution in [0.1, 0.15) is 45.7 Å². The molecule has 1 amide bonds. The zero-order valence-electron chi connectivity index (χ0n) is 20.2. The van der Waals surface area contributed by atoms with Crippen LogP contribution in [0.4, 0.5) is 10.8 Å². The van der Waals surface area contributed by atoms with Gasteiger partial charge in [-0.3, -0.25) is 9.36 Å². The second-order valence-corrected chi connectivity index (χ2v) is 9.56. The van der Waals surface area contributed by atoms with Crippen LogP contribution in [0.5, 0.6) is 5.75 Å². The van der Waals surface area contributed by atoms with Gasteiger partial charge in [-0.25, -0.2) is 0 Å². The highest BCUT2D eigenvalue weighted by Crippen LogP contribution is 2.29. The molecule has 0 unspecified atom stereocenters. The van der Waals surface area contributed by atoms with Crippen LogP contribution in [0.2, 0.25) is 0 Å². The molecule has 1 saturated heterocycles. The number of hydrogen-bond donors (Lipinski definition) is 2. The second kappa shape index (κ2) is 11.4. The van der Waals surface area contributed by atoms with Crippen molar-refractivity contribution in [3.63, 3.8) is 0 Å². The lowest BCUT2D eigenvalue weighted by Crippen LogP contribution is -2.43. The molecule has 9 heteroatoms. The van der Waals surface area contributed by atoms with Gasteiger partial charge in [0.15, 0.2) is 0 Å². The number of amides is 1. The van der Waals surface area contributed by atoms with E-state index in [9.17, 15) is 4.79 Å². The van der Waals surface area contributed by atoms with Crippen molar-refractivity contribution >= 4 is 28.1 Å². The summed E-state index contributed by atoms with van der Waals surface area (Å²) in [4.78, 5) is 14.7. The van der Waals surface area contributed by atoms with E-state index in [4.69, 9.17) is 4.74 Å². The molecule has 2 aromatic heterocycles. The average molecular weight is 483 g/mol. The van der Waals surface area contributed by atoms with Crippen LogP contribution in [-0.4, -0.2) is 46.4 Å². The first-order chi connectivity index (χ1) is 16.6. The fourth-order valence-electron chi connectivity index (χ4n) is 4.00. The van der Waals surface area contributed by atoms with E-state index in [0.717, 1.165) is 59.7 Å². The summed E-state index contributed by atoms with van der Waals surface area (Å²) >= 11 is 1.59. The summed E-state index contributed by atoms with van der Waals surface area (Å²) in [5.74, 6) is 1.14. The Labute approximate surface area is 205 Å². The van der Waals surface area contributed by atoms with Crippen molar-refractivity contribution in [3.8, 4) is 10.9 Å². The molecule has 34 heavy (non-hydrogen) atoms. The third-order valence-corrected chi connectivity index (χ3v) is 7.20. The van der Waals surface area contributed by atoms with Crippen molar-refractivity contribution in [2.24, 2.45) is 5.92 Å². The number of nitrogens with one attached hydrogen (secondary N) is 2. The lowest BCUT2D eigenvalue weighted by Gasteiger charge is -2.31. The Balaban J connectivity index is 1.33. The minimum Gasteiger partial charge on any atom is -0.494 e. The van der Waals surface area contributed by atoms with Gasteiger partial charge >= 0.3 is 0 Å². The zero-order chi connectivity index (χ0) is 23.9. The molecule has 0 radical (unpaired) electrons. The first kappa shape index (κ1) is 24.1. The van der Waals surface area contributed by atoms with Gasteiger partial charge in [0.1, 0.15) is 5.75 Å². The topological polar surface area (TPSA) is 84.3 Å². The highest BCUT2D eigenvalue weighted by atomic mass is 32.1. The lowest BCUT2D eigenvalue weighted by atomic mass is 9.96. The fourth-order valence-corrected chi connectivity index (χ4v) is 4.92. The van der Waals surface area contributed by atoms with Gasteiger partial charge in [-0.15, -0.1) is 10.2 Å². The average Bonchev–Trinajstić information content (AvgIpc) is 3.53. The van der Waals surface area contributed by atoms with E-state index in [1.54, 1.807) is 11.3 Å². The summed E-state index contributed by atoms with van der Waals surface area (Å²) in [5, 5.41) is 17.2. The highest BCUT2D eigenvalue weighted by Gasteiger charge is 2.27. The fraction of sp³-hybridized carbons (Fsp3) is 0.480. The molecule has 1 aromatic carbocycles. The van der Waals surface area contributed by atoms with Gasteiger partial charge in [-0.05, 0) is 69.5 Å². The molecule has 0 spiro atoms. The van der Waals surface area contributed by atoms with E-state index in [1.807, 2.05) is 43.5 Å². The minimum absolute atomic E-state index is 0.0855. The smallest absolute Gasteiger partial charge is 0.223 e. The van der Waals surface area contributed by atoms with Gasteiger partial charge < -0.3 is 20.3 Å². The van der Waals surface area contributed by atoms with Crippen molar-refractivity contribution in [2.75, 3.05) is 29.9 Å². The number of ether oxygens (including phenoxy) is 1. The molecule has 1 aliphatic heterocycles. The normalized spacial score (nSPS) is 15.2. The summed E-state index contributed by atoms with van der Waals surface area (Å²) in [6.45, 7) is 9.11. The van der Waals surface area contributed by atoms with Gasteiger partial charge in [0, 0.05) is 42.6 Å². The molecule has 1 fully saturated rings. The maximum atomic E-state index is 12.4. The zero-order valence-corrected chi connectivity index (χ0v) is 21.0. The van der Waals surface area contributed by atoms with E-state index in [-0.39, 0.29) is 17.9 Å². The first-order valence-electron chi connectivity index (χ1n) is 12.1. The van der Waals surface area contributed by atoms with Crippen LogP contribution in [0.25, 0.3) is 5.13 Å². The maximum Gasteiger partial charge on any atom is 0.223 e. The lowest BCUT2D eigenvalue weighted by molar-refractivity contribution is -0.126. The van der Waals surface area contributed by atoms with Crippen molar-refractivity contribution in [3.05, 3.63) is 48.3 Å². The largest absolute Gasteiger partial charge is 0.494 e. The number of piperidine rings is 1. The Morgan fingerprint density at radius 1 is 1.15 bits per heavy atom. The third-order valence-electron chi connectivity index (χ3n) is 6.22. The number of hydrogen-bond acceptors (Lipinski definition) is 7. The van der Waals surface area contributed by atoms with Gasteiger partial charge in [0.2, 0.25) is 16.2 Å². The number of anilines is 2. The Kier molecular flexibility index (Phi) is 8.05. The minimum atomic E-state index is 0.0855. The Morgan fingerprint density at radius 3 is 2.59 bits per heavy atom. The summed E-state index contributed by atoms with van der Waals surface area (Å²) in [7, 11) is 0. The second-order valence-electron chi connectivity index (χ2n) is 8.63. The monoisotopic (exact) mass is 482 g/mol. The quantitative estimate of drug-likeness (QED) is 0.444. The van der Waals surface area contributed by atoms with Crippen molar-refractivity contribution in [1.82, 2.24) is 20.1 Å². The van der Waals surface area contributed by atoms with Gasteiger partial charge in [-0.1, -0.05) is 18.3 Å². The molecule has 1 atom stereocenters. The van der Waals surface area contributed by atoms with Crippen LogP contribution in [0.3, 0.4) is 0 Å². The number of carbonyl (C=O) groups excluding carboxylic acids is 1. The molecule has 0 aliphatic carbocycles. The van der Waals surface area contributed by atoms with Gasteiger partial charge in [0.05, 0.1) is 13.2 Å².